The summed E-state index contributed by atoms with van der Waals surface area (Å²) in [6.07, 6.45) is 3.64. The average Bonchev–Trinajstić information content (AvgIpc) is 2.72. The third-order valence-corrected chi connectivity index (χ3v) is 3.00. The summed E-state index contributed by atoms with van der Waals surface area (Å²) in [4.78, 5) is 24.3. The van der Waals surface area contributed by atoms with E-state index in [1.54, 1.807) is 11.0 Å². The number of allylic oxidation sites excluding steroid dienone is 1. The summed E-state index contributed by atoms with van der Waals surface area (Å²) in [6, 6.07) is 0. The molecule has 0 aromatic carbocycles. The SMILES string of the molecule is C.C=C1C=CC(=O)N1CCOCCOCCC(=O)C(C)C. The van der Waals surface area contributed by atoms with Crippen LogP contribution in [0.5, 0.6) is 0 Å². The van der Waals surface area contributed by atoms with Crippen molar-refractivity contribution in [3.8, 4) is 0 Å². The van der Waals surface area contributed by atoms with Crippen LogP contribution >= 0.6 is 0 Å². The van der Waals surface area contributed by atoms with Crippen molar-refractivity contribution in [3.05, 3.63) is 24.4 Å². The minimum absolute atomic E-state index is 0. The summed E-state index contributed by atoms with van der Waals surface area (Å²) in [5, 5.41) is 0. The van der Waals surface area contributed by atoms with Crippen LogP contribution in [0.4, 0.5) is 0 Å². The van der Waals surface area contributed by atoms with Gasteiger partial charge in [0.1, 0.15) is 5.78 Å². The number of Topliss-reactive ketones (excluding diaryl/α,β-unsaturated/α-hetero) is 1. The zero-order valence-electron chi connectivity index (χ0n) is 12.3. The van der Waals surface area contributed by atoms with Gasteiger partial charge in [0.05, 0.1) is 26.4 Å². The Bertz CT molecular complexity index is 370. The lowest BCUT2D eigenvalue weighted by atomic mass is 10.1. The van der Waals surface area contributed by atoms with E-state index < -0.39 is 0 Å². The van der Waals surface area contributed by atoms with Crippen molar-refractivity contribution in [3.63, 3.8) is 0 Å². The Morgan fingerprint density at radius 2 is 1.81 bits per heavy atom. The van der Waals surface area contributed by atoms with E-state index >= 15 is 0 Å². The average molecular weight is 297 g/mol. The van der Waals surface area contributed by atoms with Crippen LogP contribution in [-0.2, 0) is 19.1 Å². The fourth-order valence-corrected chi connectivity index (χ4v) is 1.68. The predicted molar refractivity (Wildman–Crippen MR) is 82.8 cm³/mol. The lowest BCUT2D eigenvalue weighted by Gasteiger charge is -2.16. The molecule has 0 fully saturated rings. The lowest BCUT2D eigenvalue weighted by molar-refractivity contribution is -0.124. The summed E-state index contributed by atoms with van der Waals surface area (Å²) in [5.74, 6) is 0.223. The zero-order valence-corrected chi connectivity index (χ0v) is 12.3. The van der Waals surface area contributed by atoms with E-state index in [-0.39, 0.29) is 25.0 Å². The highest BCUT2D eigenvalue weighted by Gasteiger charge is 2.17. The van der Waals surface area contributed by atoms with Crippen LogP contribution < -0.4 is 0 Å². The number of carbonyl (C=O) groups is 2. The van der Waals surface area contributed by atoms with Crippen LogP contribution in [0.2, 0.25) is 0 Å². The quantitative estimate of drug-likeness (QED) is 0.580. The smallest absolute Gasteiger partial charge is 0.251 e. The van der Waals surface area contributed by atoms with E-state index in [1.807, 2.05) is 13.8 Å². The summed E-state index contributed by atoms with van der Waals surface area (Å²) in [6.45, 7) is 9.82. The van der Waals surface area contributed by atoms with Crippen molar-refractivity contribution in [1.82, 2.24) is 4.90 Å². The molecule has 0 aliphatic carbocycles. The molecule has 0 atom stereocenters. The molecule has 5 heteroatoms. The minimum atomic E-state index is -0.0537. The second kappa shape index (κ2) is 10.3. The van der Waals surface area contributed by atoms with E-state index in [2.05, 4.69) is 6.58 Å². The molecule has 1 aliphatic heterocycles. The molecule has 1 amide bonds. The van der Waals surface area contributed by atoms with Gasteiger partial charge >= 0.3 is 0 Å². The van der Waals surface area contributed by atoms with Crippen LogP contribution in [0, 0.1) is 5.92 Å². The number of nitrogens with zero attached hydrogens (tertiary/aromatic N) is 1. The zero-order chi connectivity index (χ0) is 15.0. The molecule has 5 nitrogen and oxygen atoms in total. The Kier molecular flexibility index (Phi) is 9.58. The third-order valence-electron chi connectivity index (χ3n) is 3.00. The lowest BCUT2D eigenvalue weighted by Crippen LogP contribution is -2.28. The molecule has 0 saturated heterocycles. The maximum Gasteiger partial charge on any atom is 0.251 e. The van der Waals surface area contributed by atoms with E-state index in [1.165, 1.54) is 6.08 Å². The molecular formula is C16H27NO4. The summed E-state index contributed by atoms with van der Waals surface area (Å²) in [5.41, 5.74) is 0.696. The molecule has 1 aliphatic rings. The van der Waals surface area contributed by atoms with Crippen LogP contribution in [-0.4, -0.2) is 49.6 Å². The first-order chi connectivity index (χ1) is 9.52. The van der Waals surface area contributed by atoms with Gasteiger partial charge in [0.15, 0.2) is 0 Å². The molecule has 0 saturated carbocycles. The number of ketones is 1. The Morgan fingerprint density at radius 3 is 2.33 bits per heavy atom. The number of rotatable bonds is 10. The van der Waals surface area contributed by atoms with Gasteiger partial charge in [-0.15, -0.1) is 0 Å². The molecule has 21 heavy (non-hydrogen) atoms. The molecule has 0 radical (unpaired) electrons. The van der Waals surface area contributed by atoms with Crippen LogP contribution in [0.25, 0.3) is 0 Å². The molecule has 0 bridgehead atoms. The Labute approximate surface area is 127 Å². The van der Waals surface area contributed by atoms with E-state index in [0.29, 0.717) is 45.1 Å². The predicted octanol–water partition coefficient (Wildman–Crippen LogP) is 2.18. The molecule has 0 aromatic rings. The molecular weight excluding hydrogens is 270 g/mol. The van der Waals surface area contributed by atoms with Crippen LogP contribution in [0.1, 0.15) is 27.7 Å². The highest BCUT2D eigenvalue weighted by molar-refractivity contribution is 5.92. The van der Waals surface area contributed by atoms with Crippen molar-refractivity contribution in [2.45, 2.75) is 27.7 Å². The van der Waals surface area contributed by atoms with Gasteiger partial charge in [-0.25, -0.2) is 0 Å². The van der Waals surface area contributed by atoms with Gasteiger partial charge in [0, 0.05) is 30.7 Å². The largest absolute Gasteiger partial charge is 0.379 e. The summed E-state index contributed by atoms with van der Waals surface area (Å²) < 4.78 is 10.7. The van der Waals surface area contributed by atoms with Gasteiger partial charge in [-0.1, -0.05) is 27.9 Å². The second-order valence-electron chi connectivity index (χ2n) is 4.91. The van der Waals surface area contributed by atoms with Gasteiger partial charge in [-0.2, -0.15) is 0 Å². The minimum Gasteiger partial charge on any atom is -0.379 e. The molecule has 120 valence electrons. The highest BCUT2D eigenvalue weighted by atomic mass is 16.5. The monoisotopic (exact) mass is 297 g/mol. The first-order valence-corrected chi connectivity index (χ1v) is 6.89. The van der Waals surface area contributed by atoms with Crippen LogP contribution in [0.3, 0.4) is 0 Å². The van der Waals surface area contributed by atoms with Gasteiger partial charge < -0.3 is 14.4 Å². The summed E-state index contributed by atoms with van der Waals surface area (Å²) in [7, 11) is 0. The van der Waals surface area contributed by atoms with E-state index in [0.717, 1.165) is 0 Å². The van der Waals surface area contributed by atoms with Gasteiger partial charge in [0.25, 0.3) is 5.91 Å². The van der Waals surface area contributed by atoms with Crippen molar-refractivity contribution in [2.75, 3.05) is 33.0 Å². The number of ether oxygens (including phenoxy) is 2. The van der Waals surface area contributed by atoms with Crippen molar-refractivity contribution >= 4 is 11.7 Å². The van der Waals surface area contributed by atoms with Crippen molar-refractivity contribution in [2.24, 2.45) is 5.92 Å². The van der Waals surface area contributed by atoms with Crippen molar-refractivity contribution in [1.29, 1.82) is 0 Å². The first-order valence-electron chi connectivity index (χ1n) is 6.89. The molecule has 0 aromatic heterocycles. The number of amides is 1. The summed E-state index contributed by atoms with van der Waals surface area (Å²) >= 11 is 0. The molecule has 0 unspecified atom stereocenters. The maximum atomic E-state index is 11.4. The standard InChI is InChI=1S/C15H23NO4.CH4/c1-12(2)14(17)6-8-19-10-11-20-9-7-16-13(3)4-5-15(16)18;/h4-5,12H,3,6-11H2,1-2H3;1H4. The number of carbonyl (C=O) groups excluding carboxylic acids is 2. The maximum absolute atomic E-state index is 11.4. The van der Waals surface area contributed by atoms with Gasteiger partial charge in [-0.3, -0.25) is 9.59 Å². The Balaban J connectivity index is 0.00000400. The molecule has 0 N–H and O–H groups in total. The van der Waals surface area contributed by atoms with Crippen LogP contribution in [0.15, 0.2) is 24.4 Å². The molecule has 0 spiro atoms. The van der Waals surface area contributed by atoms with Crippen molar-refractivity contribution < 1.29 is 19.1 Å². The third kappa shape index (κ3) is 7.20. The second-order valence-corrected chi connectivity index (χ2v) is 4.91. The fourth-order valence-electron chi connectivity index (χ4n) is 1.68. The van der Waals surface area contributed by atoms with Gasteiger partial charge in [-0.05, 0) is 6.08 Å². The molecule has 1 rings (SSSR count). The number of hydrogen-bond acceptors (Lipinski definition) is 4. The first kappa shape index (κ1) is 19.5. The van der Waals surface area contributed by atoms with E-state index in [9.17, 15) is 9.59 Å². The molecule has 1 heterocycles. The highest BCUT2D eigenvalue weighted by Crippen LogP contribution is 2.11. The Hall–Kier alpha value is -1.46. The van der Waals surface area contributed by atoms with E-state index in [4.69, 9.17) is 9.47 Å². The topological polar surface area (TPSA) is 55.8 Å². The fraction of sp³-hybridized carbons (Fsp3) is 0.625. The normalized spacial score (nSPS) is 14.0. The number of hydrogen-bond donors (Lipinski definition) is 0. The van der Waals surface area contributed by atoms with Gasteiger partial charge in [0.2, 0.25) is 0 Å². The Morgan fingerprint density at radius 1 is 1.19 bits per heavy atom.